The molecular weight excluding hydrogens is 435 g/mol. The molecule has 3 N–H and O–H groups in total. The third-order valence-corrected chi connectivity index (χ3v) is 4.48. The van der Waals surface area contributed by atoms with E-state index in [0.717, 1.165) is 3.57 Å². The molecule has 2 aromatic carbocycles. The molecule has 0 bridgehead atoms. The monoisotopic (exact) mass is 446 g/mol. The predicted octanol–water partition coefficient (Wildman–Crippen LogP) is 3.00. The first-order valence-corrected chi connectivity index (χ1v) is 8.64. The number of thiocarbonyl (C=S) groups is 1. The number of carbonyl (C=O) groups excluding carboxylic acids is 1. The molecule has 1 atom stereocenters. The lowest BCUT2D eigenvalue weighted by atomic mass is 10.2. The van der Waals surface area contributed by atoms with Crippen molar-refractivity contribution in [2.24, 2.45) is 0 Å². The minimum atomic E-state index is -2.02. The van der Waals surface area contributed by atoms with E-state index in [1.807, 2.05) is 12.1 Å². The van der Waals surface area contributed by atoms with Gasteiger partial charge in [0.1, 0.15) is 0 Å². The van der Waals surface area contributed by atoms with Gasteiger partial charge in [-0.25, -0.2) is 4.21 Å². The highest BCUT2D eigenvalue weighted by atomic mass is 127. The Morgan fingerprint density at radius 1 is 1.14 bits per heavy atom. The molecule has 0 aliphatic rings. The molecular formula is C14H11IN2O3S2. The summed E-state index contributed by atoms with van der Waals surface area (Å²) in [4.78, 5) is 12.4. The maximum Gasteiger partial charge on any atom is 0.258 e. The molecule has 0 saturated carbocycles. The van der Waals surface area contributed by atoms with Crippen molar-refractivity contribution in [3.63, 3.8) is 0 Å². The van der Waals surface area contributed by atoms with Gasteiger partial charge >= 0.3 is 0 Å². The molecule has 22 heavy (non-hydrogen) atoms. The molecule has 114 valence electrons. The Balaban J connectivity index is 1.99. The first kappa shape index (κ1) is 17.0. The Morgan fingerprint density at radius 3 is 2.36 bits per heavy atom. The van der Waals surface area contributed by atoms with Crippen LogP contribution in [0.15, 0.2) is 53.4 Å². The molecule has 0 saturated heterocycles. The number of hydrogen-bond donors (Lipinski definition) is 3. The van der Waals surface area contributed by atoms with Crippen LogP contribution in [0.1, 0.15) is 10.4 Å². The second-order valence-electron chi connectivity index (χ2n) is 4.16. The van der Waals surface area contributed by atoms with Crippen molar-refractivity contribution in [2.75, 3.05) is 5.32 Å². The van der Waals surface area contributed by atoms with Gasteiger partial charge in [0.25, 0.3) is 5.91 Å². The Morgan fingerprint density at radius 2 is 1.77 bits per heavy atom. The molecule has 0 aromatic heterocycles. The SMILES string of the molecule is O=C(NC(=S)Nc1ccc(S(=O)O)cc1)c1ccccc1I. The lowest BCUT2D eigenvalue weighted by Gasteiger charge is -2.10. The van der Waals surface area contributed by atoms with Crippen LogP contribution in [-0.4, -0.2) is 19.8 Å². The molecule has 0 fully saturated rings. The average molecular weight is 446 g/mol. The zero-order valence-electron chi connectivity index (χ0n) is 11.1. The van der Waals surface area contributed by atoms with Gasteiger partial charge < -0.3 is 9.87 Å². The molecule has 0 aliphatic heterocycles. The van der Waals surface area contributed by atoms with Crippen molar-refractivity contribution in [1.29, 1.82) is 0 Å². The summed E-state index contributed by atoms with van der Waals surface area (Å²) in [6.45, 7) is 0. The number of amides is 1. The number of rotatable bonds is 3. The predicted molar refractivity (Wildman–Crippen MR) is 98.3 cm³/mol. The van der Waals surface area contributed by atoms with Gasteiger partial charge in [-0.2, -0.15) is 0 Å². The first-order valence-electron chi connectivity index (χ1n) is 6.05. The quantitative estimate of drug-likeness (QED) is 0.384. The van der Waals surface area contributed by atoms with Crippen molar-refractivity contribution in [1.82, 2.24) is 5.32 Å². The van der Waals surface area contributed by atoms with E-state index in [2.05, 4.69) is 33.2 Å². The van der Waals surface area contributed by atoms with Crippen LogP contribution in [0.25, 0.3) is 0 Å². The molecule has 0 heterocycles. The van der Waals surface area contributed by atoms with Crippen LogP contribution in [0.5, 0.6) is 0 Å². The minimum absolute atomic E-state index is 0.155. The summed E-state index contributed by atoms with van der Waals surface area (Å²) in [5.41, 5.74) is 1.15. The van der Waals surface area contributed by atoms with Crippen molar-refractivity contribution in [3.05, 3.63) is 57.7 Å². The van der Waals surface area contributed by atoms with Crippen molar-refractivity contribution < 1.29 is 13.6 Å². The van der Waals surface area contributed by atoms with Crippen LogP contribution in [0.4, 0.5) is 5.69 Å². The number of benzene rings is 2. The third-order valence-electron chi connectivity index (χ3n) is 2.66. The zero-order chi connectivity index (χ0) is 16.1. The van der Waals surface area contributed by atoms with Crippen molar-refractivity contribution >= 4 is 62.6 Å². The van der Waals surface area contributed by atoms with Gasteiger partial charge in [0.15, 0.2) is 16.2 Å². The second-order valence-corrected chi connectivity index (χ2v) is 6.70. The van der Waals surface area contributed by atoms with Crippen LogP contribution in [0.2, 0.25) is 0 Å². The highest BCUT2D eigenvalue weighted by molar-refractivity contribution is 14.1. The maximum atomic E-state index is 12.1. The summed E-state index contributed by atoms with van der Waals surface area (Å²) in [5, 5.41) is 5.59. The maximum absolute atomic E-state index is 12.1. The van der Waals surface area contributed by atoms with E-state index in [-0.39, 0.29) is 11.0 Å². The Labute approximate surface area is 148 Å². The van der Waals surface area contributed by atoms with Gasteiger partial charge in [-0.05, 0) is 71.2 Å². The van der Waals surface area contributed by atoms with Crippen LogP contribution < -0.4 is 10.6 Å². The summed E-state index contributed by atoms with van der Waals surface area (Å²) in [6, 6.07) is 13.4. The Hall–Kier alpha value is -1.36. The fourth-order valence-electron chi connectivity index (χ4n) is 1.63. The van der Waals surface area contributed by atoms with Gasteiger partial charge in [0, 0.05) is 9.26 Å². The molecule has 2 rings (SSSR count). The molecule has 1 unspecified atom stereocenters. The number of nitrogens with one attached hydrogen (secondary N) is 2. The van der Waals surface area contributed by atoms with Gasteiger partial charge in [0.05, 0.1) is 10.5 Å². The van der Waals surface area contributed by atoms with Crippen LogP contribution in [0.3, 0.4) is 0 Å². The van der Waals surface area contributed by atoms with Crippen molar-refractivity contribution in [2.45, 2.75) is 4.90 Å². The fraction of sp³-hybridized carbons (Fsp3) is 0. The lowest BCUT2D eigenvalue weighted by molar-refractivity contribution is 0.0977. The largest absolute Gasteiger partial charge is 0.332 e. The molecule has 2 aromatic rings. The number of anilines is 1. The van der Waals surface area contributed by atoms with Gasteiger partial charge in [-0.15, -0.1) is 0 Å². The van der Waals surface area contributed by atoms with Crippen molar-refractivity contribution in [3.8, 4) is 0 Å². The fourth-order valence-corrected chi connectivity index (χ4v) is 2.84. The number of carbonyl (C=O) groups is 1. The molecule has 0 radical (unpaired) electrons. The summed E-state index contributed by atoms with van der Waals surface area (Å²) in [7, 11) is 0. The molecule has 5 nitrogen and oxygen atoms in total. The van der Waals surface area contributed by atoms with E-state index in [0.29, 0.717) is 16.1 Å². The second kappa shape index (κ2) is 7.77. The topological polar surface area (TPSA) is 78.4 Å². The van der Waals surface area contributed by atoms with E-state index < -0.39 is 11.1 Å². The van der Waals surface area contributed by atoms with E-state index >= 15 is 0 Å². The van der Waals surface area contributed by atoms with Crippen LogP contribution in [-0.2, 0) is 11.1 Å². The average Bonchev–Trinajstić information content (AvgIpc) is 2.48. The van der Waals surface area contributed by atoms with E-state index in [1.165, 1.54) is 12.1 Å². The van der Waals surface area contributed by atoms with E-state index in [4.69, 9.17) is 16.8 Å². The summed E-state index contributed by atoms with van der Waals surface area (Å²) >= 11 is 5.15. The molecule has 8 heteroatoms. The first-order chi connectivity index (χ1) is 10.5. The lowest BCUT2D eigenvalue weighted by Crippen LogP contribution is -2.34. The van der Waals surface area contributed by atoms with Crippen LogP contribution in [0, 0.1) is 3.57 Å². The smallest absolute Gasteiger partial charge is 0.258 e. The van der Waals surface area contributed by atoms with Gasteiger partial charge in [0.2, 0.25) is 0 Å². The van der Waals surface area contributed by atoms with Gasteiger partial charge in [-0.3, -0.25) is 10.1 Å². The molecule has 0 spiro atoms. The standard InChI is InChI=1S/C14H11IN2O3S2/c15-12-4-2-1-3-11(12)13(18)17-14(21)16-9-5-7-10(8-6-9)22(19)20/h1-8H,(H,19,20)(H2,16,17,18,21). The van der Waals surface area contributed by atoms with E-state index in [9.17, 15) is 9.00 Å². The highest BCUT2D eigenvalue weighted by Gasteiger charge is 2.11. The molecule has 1 amide bonds. The summed E-state index contributed by atoms with van der Waals surface area (Å²) in [5.74, 6) is -0.296. The van der Waals surface area contributed by atoms with E-state index in [1.54, 1.807) is 24.3 Å². The third kappa shape index (κ3) is 4.57. The highest BCUT2D eigenvalue weighted by Crippen LogP contribution is 2.13. The normalized spacial score (nSPS) is 11.5. The number of hydrogen-bond acceptors (Lipinski definition) is 3. The summed E-state index contributed by atoms with van der Waals surface area (Å²) in [6.07, 6.45) is 0. The van der Waals surface area contributed by atoms with Gasteiger partial charge in [-0.1, -0.05) is 12.1 Å². The Kier molecular flexibility index (Phi) is 6.00. The minimum Gasteiger partial charge on any atom is -0.332 e. The Bertz CT molecular complexity index is 735. The molecule has 0 aliphatic carbocycles. The number of halogens is 1. The van der Waals surface area contributed by atoms with Crippen LogP contribution >= 0.6 is 34.8 Å². The summed E-state index contributed by atoms with van der Waals surface area (Å²) < 4.78 is 20.6. The zero-order valence-corrected chi connectivity index (χ0v) is 14.9.